The second-order valence-corrected chi connectivity index (χ2v) is 6.85. The molecule has 1 aromatic carbocycles. The molecule has 0 saturated heterocycles. The number of H-pyrrole nitrogens is 1. The highest BCUT2D eigenvalue weighted by molar-refractivity contribution is 7.99. The fourth-order valence-corrected chi connectivity index (χ4v) is 3.81. The quantitative estimate of drug-likeness (QED) is 0.418. The summed E-state index contributed by atoms with van der Waals surface area (Å²) in [5.74, 6) is 0.969. The van der Waals surface area contributed by atoms with Crippen molar-refractivity contribution in [1.29, 1.82) is 0 Å². The third-order valence-electron chi connectivity index (χ3n) is 4.03. The standard InChI is InChI=1S/C18H17N3OS/c1-3-12-9-19-17-16(12)18(21-10-20-17)23-11(2)15-8-13-6-4-5-7-14(13)22-15/h4-11H,3H2,1-2H3,(H,19,20,21). The Kier molecular flexibility index (Phi) is 3.58. The van der Waals surface area contributed by atoms with Gasteiger partial charge >= 0.3 is 0 Å². The van der Waals surface area contributed by atoms with Crippen molar-refractivity contribution < 1.29 is 4.42 Å². The zero-order valence-electron chi connectivity index (χ0n) is 13.0. The number of aromatic nitrogens is 3. The van der Waals surface area contributed by atoms with E-state index < -0.39 is 0 Å². The summed E-state index contributed by atoms with van der Waals surface area (Å²) in [5.41, 5.74) is 3.08. The zero-order chi connectivity index (χ0) is 15.8. The minimum atomic E-state index is 0.181. The number of fused-ring (bicyclic) bond motifs is 2. The molecule has 23 heavy (non-hydrogen) atoms. The Hall–Kier alpha value is -2.27. The highest BCUT2D eigenvalue weighted by Crippen LogP contribution is 2.39. The van der Waals surface area contributed by atoms with Crippen molar-refractivity contribution in [3.63, 3.8) is 0 Å². The summed E-state index contributed by atoms with van der Waals surface area (Å²) in [6.07, 6.45) is 4.60. The van der Waals surface area contributed by atoms with E-state index in [9.17, 15) is 0 Å². The van der Waals surface area contributed by atoms with Crippen LogP contribution in [0.5, 0.6) is 0 Å². The van der Waals surface area contributed by atoms with Gasteiger partial charge in [-0.25, -0.2) is 9.97 Å². The largest absolute Gasteiger partial charge is 0.460 e. The molecule has 0 bridgehead atoms. The number of benzene rings is 1. The highest BCUT2D eigenvalue weighted by atomic mass is 32.2. The molecule has 0 aliphatic heterocycles. The third-order valence-corrected chi connectivity index (χ3v) is 5.15. The van der Waals surface area contributed by atoms with Crippen LogP contribution in [0.1, 0.15) is 30.4 Å². The molecule has 0 aliphatic carbocycles. The van der Waals surface area contributed by atoms with Gasteiger partial charge in [-0.05, 0) is 31.0 Å². The van der Waals surface area contributed by atoms with E-state index in [2.05, 4.69) is 40.9 Å². The van der Waals surface area contributed by atoms with Crippen molar-refractivity contribution in [3.05, 3.63) is 54.2 Å². The van der Waals surface area contributed by atoms with Crippen LogP contribution in [0.3, 0.4) is 0 Å². The lowest BCUT2D eigenvalue weighted by molar-refractivity contribution is 0.553. The maximum Gasteiger partial charge on any atom is 0.142 e. The van der Waals surface area contributed by atoms with Crippen molar-refractivity contribution in [2.75, 3.05) is 0 Å². The molecule has 3 aromatic heterocycles. The number of nitrogens with zero attached hydrogens (tertiary/aromatic N) is 2. The van der Waals surface area contributed by atoms with E-state index >= 15 is 0 Å². The number of nitrogens with one attached hydrogen (secondary N) is 1. The second-order valence-electron chi connectivity index (χ2n) is 5.52. The lowest BCUT2D eigenvalue weighted by atomic mass is 10.2. The van der Waals surface area contributed by atoms with Gasteiger partial charge in [0, 0.05) is 11.6 Å². The summed E-state index contributed by atoms with van der Waals surface area (Å²) >= 11 is 1.71. The van der Waals surface area contributed by atoms with Crippen LogP contribution in [-0.4, -0.2) is 15.0 Å². The van der Waals surface area contributed by atoms with Crippen LogP contribution in [-0.2, 0) is 6.42 Å². The first-order valence-corrected chi connectivity index (χ1v) is 8.60. The number of aryl methyl sites for hydroxylation is 1. The first kappa shape index (κ1) is 14.3. The van der Waals surface area contributed by atoms with Crippen LogP contribution in [0.4, 0.5) is 0 Å². The first-order valence-electron chi connectivity index (χ1n) is 7.72. The Morgan fingerprint density at radius 3 is 2.96 bits per heavy atom. The topological polar surface area (TPSA) is 54.7 Å². The lowest BCUT2D eigenvalue weighted by Gasteiger charge is -2.09. The van der Waals surface area contributed by atoms with E-state index in [-0.39, 0.29) is 5.25 Å². The second kappa shape index (κ2) is 5.74. The van der Waals surface area contributed by atoms with E-state index in [4.69, 9.17) is 4.42 Å². The molecule has 3 heterocycles. The number of hydrogen-bond acceptors (Lipinski definition) is 4. The van der Waals surface area contributed by atoms with Gasteiger partial charge in [0.05, 0.1) is 10.6 Å². The van der Waals surface area contributed by atoms with Gasteiger partial charge in [0.1, 0.15) is 28.3 Å². The Balaban J connectivity index is 1.71. The van der Waals surface area contributed by atoms with Crippen molar-refractivity contribution in [2.24, 2.45) is 0 Å². The third kappa shape index (κ3) is 2.51. The van der Waals surface area contributed by atoms with Gasteiger partial charge in [0.15, 0.2) is 0 Å². The minimum absolute atomic E-state index is 0.181. The SMILES string of the molecule is CCc1c[nH]c2ncnc(SC(C)c3cc4ccccc4o3)c12. The first-order chi connectivity index (χ1) is 11.3. The maximum absolute atomic E-state index is 5.98. The van der Waals surface area contributed by atoms with Gasteiger partial charge in [0.2, 0.25) is 0 Å². The van der Waals surface area contributed by atoms with Gasteiger partial charge < -0.3 is 9.40 Å². The molecule has 0 aliphatic rings. The number of furan rings is 1. The van der Waals surface area contributed by atoms with E-state index in [0.29, 0.717) is 0 Å². The molecule has 4 nitrogen and oxygen atoms in total. The molecule has 0 spiro atoms. The molecule has 0 fully saturated rings. The lowest BCUT2D eigenvalue weighted by Crippen LogP contribution is -1.91. The smallest absolute Gasteiger partial charge is 0.142 e. The number of hydrogen-bond donors (Lipinski definition) is 1. The summed E-state index contributed by atoms with van der Waals surface area (Å²) < 4.78 is 5.98. The van der Waals surface area contributed by atoms with Crippen LogP contribution >= 0.6 is 11.8 Å². The van der Waals surface area contributed by atoms with Gasteiger partial charge in [-0.15, -0.1) is 0 Å². The van der Waals surface area contributed by atoms with E-state index in [1.54, 1.807) is 18.1 Å². The van der Waals surface area contributed by atoms with Crippen molar-refractivity contribution in [2.45, 2.75) is 30.5 Å². The van der Waals surface area contributed by atoms with Gasteiger partial charge in [-0.3, -0.25) is 0 Å². The molecule has 0 saturated carbocycles. The van der Waals surface area contributed by atoms with Crippen LogP contribution in [0, 0.1) is 0 Å². The van der Waals surface area contributed by atoms with Gasteiger partial charge in [-0.1, -0.05) is 36.9 Å². The average molecular weight is 323 g/mol. The van der Waals surface area contributed by atoms with Crippen molar-refractivity contribution in [1.82, 2.24) is 15.0 Å². The van der Waals surface area contributed by atoms with E-state index in [1.165, 1.54) is 5.56 Å². The summed E-state index contributed by atoms with van der Waals surface area (Å²) in [4.78, 5) is 12.0. The summed E-state index contributed by atoms with van der Waals surface area (Å²) in [6, 6.07) is 10.2. The Morgan fingerprint density at radius 1 is 1.26 bits per heavy atom. The summed E-state index contributed by atoms with van der Waals surface area (Å²) in [7, 11) is 0. The number of rotatable bonds is 4. The predicted octanol–water partition coefficient (Wildman–Crippen LogP) is 5.12. The normalized spacial score (nSPS) is 13.0. The van der Waals surface area contributed by atoms with Crippen molar-refractivity contribution in [3.8, 4) is 0 Å². The molecule has 5 heteroatoms. The molecular formula is C18H17N3OS. The fraction of sp³-hybridized carbons (Fsp3) is 0.222. The fourth-order valence-electron chi connectivity index (χ4n) is 2.79. The van der Waals surface area contributed by atoms with Crippen LogP contribution in [0.15, 0.2) is 52.3 Å². The summed E-state index contributed by atoms with van der Waals surface area (Å²) in [5, 5.41) is 3.45. The summed E-state index contributed by atoms with van der Waals surface area (Å²) in [6.45, 7) is 4.29. The van der Waals surface area contributed by atoms with Gasteiger partial charge in [-0.2, -0.15) is 0 Å². The molecule has 1 N–H and O–H groups in total. The molecular weight excluding hydrogens is 306 g/mol. The highest BCUT2D eigenvalue weighted by Gasteiger charge is 2.17. The molecule has 0 amide bonds. The number of para-hydroxylation sites is 1. The van der Waals surface area contributed by atoms with Gasteiger partial charge in [0.25, 0.3) is 0 Å². The van der Waals surface area contributed by atoms with Crippen molar-refractivity contribution >= 4 is 33.8 Å². The van der Waals surface area contributed by atoms with Crippen LogP contribution in [0.25, 0.3) is 22.0 Å². The monoisotopic (exact) mass is 323 g/mol. The number of aromatic amines is 1. The average Bonchev–Trinajstić information content (AvgIpc) is 3.19. The molecule has 1 unspecified atom stereocenters. The van der Waals surface area contributed by atoms with E-state index in [1.807, 2.05) is 24.4 Å². The molecule has 1 atom stereocenters. The number of thioether (sulfide) groups is 1. The van der Waals surface area contributed by atoms with Crippen LogP contribution in [0.2, 0.25) is 0 Å². The molecule has 116 valence electrons. The molecule has 4 aromatic rings. The molecule has 0 radical (unpaired) electrons. The Morgan fingerprint density at radius 2 is 2.13 bits per heavy atom. The molecule has 4 rings (SSSR count). The van der Waals surface area contributed by atoms with Crippen LogP contribution < -0.4 is 0 Å². The zero-order valence-corrected chi connectivity index (χ0v) is 13.9. The Labute approximate surface area is 138 Å². The Bertz CT molecular complexity index is 940. The maximum atomic E-state index is 5.98. The predicted molar refractivity (Wildman–Crippen MR) is 93.8 cm³/mol. The van der Waals surface area contributed by atoms with E-state index in [0.717, 1.165) is 39.2 Å². The minimum Gasteiger partial charge on any atom is -0.460 e.